The van der Waals surface area contributed by atoms with Crippen molar-refractivity contribution < 1.29 is 5.11 Å². The highest BCUT2D eigenvalue weighted by molar-refractivity contribution is 9.10. The fraction of sp³-hybridized carbons (Fsp3) is 0.600. The summed E-state index contributed by atoms with van der Waals surface area (Å²) in [5, 5.41) is 13.2. The Kier molecular flexibility index (Phi) is 4.67. The maximum atomic E-state index is 10.1. The minimum Gasteiger partial charge on any atom is -0.387 e. The Morgan fingerprint density at radius 1 is 1.59 bits per heavy atom. The van der Waals surface area contributed by atoms with Crippen LogP contribution in [-0.4, -0.2) is 52.8 Å². The molecule has 1 rings (SSSR count). The second-order valence-corrected chi connectivity index (χ2v) is 5.37. The van der Waals surface area contributed by atoms with E-state index in [1.54, 1.807) is 13.1 Å². The topological polar surface area (TPSA) is 87.3 Å². The van der Waals surface area contributed by atoms with Gasteiger partial charge in [0, 0.05) is 19.3 Å². The van der Waals surface area contributed by atoms with Crippen LogP contribution < -0.4 is 11.1 Å². The van der Waals surface area contributed by atoms with Crippen LogP contribution in [0.3, 0.4) is 0 Å². The molecule has 0 aromatic carbocycles. The summed E-state index contributed by atoms with van der Waals surface area (Å²) in [7, 11) is 3.82. The molecule has 1 atom stereocenters. The Balaban J connectivity index is 2.63. The van der Waals surface area contributed by atoms with Crippen LogP contribution in [0.4, 0.5) is 11.8 Å². The summed E-state index contributed by atoms with van der Waals surface area (Å²) in [4.78, 5) is 9.80. The molecule has 0 aliphatic heterocycles. The predicted molar refractivity (Wildman–Crippen MR) is 71.8 cm³/mol. The van der Waals surface area contributed by atoms with Gasteiger partial charge in [0.05, 0.1) is 10.1 Å². The van der Waals surface area contributed by atoms with E-state index in [0.717, 1.165) is 0 Å². The number of hydrogen-bond donors (Lipinski definition) is 3. The van der Waals surface area contributed by atoms with Crippen molar-refractivity contribution in [2.75, 3.05) is 38.2 Å². The maximum absolute atomic E-state index is 10.1. The number of nitrogens with two attached hydrogens (primary N) is 1. The highest BCUT2D eigenvalue weighted by atomic mass is 79.9. The zero-order valence-electron chi connectivity index (χ0n) is 10.2. The molecular formula is C10H18BrN5O. The number of nitrogen functional groups attached to an aromatic ring is 1. The molecule has 0 saturated carbocycles. The lowest BCUT2D eigenvalue weighted by Gasteiger charge is -2.27. The molecule has 0 saturated heterocycles. The molecule has 0 fully saturated rings. The minimum absolute atomic E-state index is 0.197. The molecular weight excluding hydrogens is 286 g/mol. The van der Waals surface area contributed by atoms with Gasteiger partial charge in [-0.15, -0.1) is 0 Å². The average Bonchev–Trinajstić information content (AvgIpc) is 2.17. The molecule has 1 heterocycles. The third-order valence-electron chi connectivity index (χ3n) is 2.06. The second kappa shape index (κ2) is 5.61. The van der Waals surface area contributed by atoms with Crippen molar-refractivity contribution in [2.24, 2.45) is 0 Å². The van der Waals surface area contributed by atoms with Crippen molar-refractivity contribution in [3.63, 3.8) is 0 Å². The van der Waals surface area contributed by atoms with E-state index >= 15 is 0 Å². The monoisotopic (exact) mass is 303 g/mol. The third-order valence-corrected chi connectivity index (χ3v) is 2.64. The van der Waals surface area contributed by atoms with Gasteiger partial charge in [0.25, 0.3) is 0 Å². The number of aliphatic hydroxyl groups is 1. The number of nitrogens with zero attached hydrogens (tertiary/aromatic N) is 3. The highest BCUT2D eigenvalue weighted by Crippen LogP contribution is 2.20. The van der Waals surface area contributed by atoms with E-state index in [-0.39, 0.29) is 5.95 Å². The first-order valence-electron chi connectivity index (χ1n) is 5.19. The Morgan fingerprint density at radius 2 is 2.24 bits per heavy atom. The summed E-state index contributed by atoms with van der Waals surface area (Å²) in [5.74, 6) is 0.777. The molecule has 96 valence electrons. The number of aromatic nitrogens is 2. The van der Waals surface area contributed by atoms with E-state index in [9.17, 15) is 5.11 Å². The van der Waals surface area contributed by atoms with E-state index in [1.165, 1.54) is 0 Å². The molecule has 1 unspecified atom stereocenters. The predicted octanol–water partition coefficient (Wildman–Crippen LogP) is 0.546. The minimum atomic E-state index is -0.845. The van der Waals surface area contributed by atoms with Crippen LogP contribution in [0.5, 0.6) is 0 Å². The lowest BCUT2D eigenvalue weighted by atomic mass is 10.1. The lowest BCUT2D eigenvalue weighted by molar-refractivity contribution is 0.0459. The van der Waals surface area contributed by atoms with Crippen molar-refractivity contribution in [3.8, 4) is 0 Å². The molecule has 0 radical (unpaired) electrons. The summed E-state index contributed by atoms with van der Waals surface area (Å²) in [5.41, 5.74) is 4.65. The van der Waals surface area contributed by atoms with Gasteiger partial charge in [-0.2, -0.15) is 4.98 Å². The molecule has 0 spiro atoms. The fourth-order valence-corrected chi connectivity index (χ4v) is 1.85. The first-order chi connectivity index (χ1) is 7.80. The van der Waals surface area contributed by atoms with Gasteiger partial charge in [0.2, 0.25) is 5.95 Å². The molecule has 6 nitrogen and oxygen atoms in total. The number of halogens is 1. The fourth-order valence-electron chi connectivity index (χ4n) is 1.52. The van der Waals surface area contributed by atoms with Gasteiger partial charge in [0.1, 0.15) is 5.82 Å². The molecule has 0 amide bonds. The van der Waals surface area contributed by atoms with Crippen molar-refractivity contribution in [2.45, 2.75) is 12.5 Å². The van der Waals surface area contributed by atoms with Gasteiger partial charge in [-0.25, -0.2) is 4.98 Å². The summed E-state index contributed by atoms with van der Waals surface area (Å²) < 4.78 is 0.715. The molecule has 4 N–H and O–H groups in total. The first kappa shape index (κ1) is 14.1. The van der Waals surface area contributed by atoms with Gasteiger partial charge in [-0.05, 0) is 36.9 Å². The van der Waals surface area contributed by atoms with Crippen LogP contribution in [0.15, 0.2) is 10.7 Å². The number of anilines is 2. The molecule has 1 aromatic heterocycles. The average molecular weight is 304 g/mol. The largest absolute Gasteiger partial charge is 0.387 e. The van der Waals surface area contributed by atoms with E-state index in [4.69, 9.17) is 5.73 Å². The Morgan fingerprint density at radius 3 is 2.82 bits per heavy atom. The van der Waals surface area contributed by atoms with Gasteiger partial charge < -0.3 is 21.1 Å². The highest BCUT2D eigenvalue weighted by Gasteiger charge is 2.21. The van der Waals surface area contributed by atoms with Crippen molar-refractivity contribution in [1.29, 1.82) is 0 Å². The lowest BCUT2D eigenvalue weighted by Crippen LogP contribution is -2.43. The quantitative estimate of drug-likeness (QED) is 0.736. The normalized spacial score (nSPS) is 14.7. The molecule has 17 heavy (non-hydrogen) atoms. The van der Waals surface area contributed by atoms with E-state index in [0.29, 0.717) is 23.4 Å². The Bertz CT molecular complexity index is 383. The van der Waals surface area contributed by atoms with Gasteiger partial charge in [-0.1, -0.05) is 0 Å². The second-order valence-electron chi connectivity index (χ2n) is 4.51. The number of hydrogen-bond acceptors (Lipinski definition) is 6. The summed E-state index contributed by atoms with van der Waals surface area (Å²) in [6, 6.07) is 0. The maximum Gasteiger partial charge on any atom is 0.221 e. The Labute approximate surface area is 109 Å². The number of nitrogens with one attached hydrogen (secondary N) is 1. The van der Waals surface area contributed by atoms with Crippen molar-refractivity contribution in [3.05, 3.63) is 10.7 Å². The van der Waals surface area contributed by atoms with Crippen LogP contribution in [0.1, 0.15) is 6.92 Å². The van der Waals surface area contributed by atoms with E-state index in [1.807, 2.05) is 19.0 Å². The van der Waals surface area contributed by atoms with Crippen molar-refractivity contribution >= 4 is 27.7 Å². The van der Waals surface area contributed by atoms with Crippen molar-refractivity contribution in [1.82, 2.24) is 14.9 Å². The molecule has 7 heteroatoms. The van der Waals surface area contributed by atoms with Crippen LogP contribution >= 0.6 is 15.9 Å². The van der Waals surface area contributed by atoms with Crippen LogP contribution in [-0.2, 0) is 0 Å². The SMILES string of the molecule is CN(C)CC(C)(O)CNc1nc(N)ncc1Br. The van der Waals surface area contributed by atoms with Crippen LogP contribution in [0.25, 0.3) is 0 Å². The van der Waals surface area contributed by atoms with Gasteiger partial charge in [-0.3, -0.25) is 0 Å². The summed E-state index contributed by atoms with van der Waals surface area (Å²) in [6.45, 7) is 2.69. The standard InChI is InChI=1S/C10H18BrN5O/c1-10(17,6-16(2)3)5-14-8-7(11)4-13-9(12)15-8/h4,17H,5-6H2,1-3H3,(H3,12,13,14,15). The molecule has 0 bridgehead atoms. The summed E-state index contributed by atoms with van der Waals surface area (Å²) >= 11 is 3.31. The zero-order valence-corrected chi connectivity index (χ0v) is 11.8. The van der Waals surface area contributed by atoms with E-state index < -0.39 is 5.60 Å². The Hall–Kier alpha value is -0.920. The summed E-state index contributed by atoms with van der Waals surface area (Å²) in [6.07, 6.45) is 1.57. The smallest absolute Gasteiger partial charge is 0.221 e. The molecule has 1 aromatic rings. The third kappa shape index (κ3) is 4.84. The van der Waals surface area contributed by atoms with E-state index in [2.05, 4.69) is 31.2 Å². The number of likely N-dealkylation sites (N-methyl/N-ethyl adjacent to an activating group) is 1. The zero-order chi connectivity index (χ0) is 13.1. The van der Waals surface area contributed by atoms with Crippen LogP contribution in [0, 0.1) is 0 Å². The first-order valence-corrected chi connectivity index (χ1v) is 5.98. The number of rotatable bonds is 5. The van der Waals surface area contributed by atoms with Crippen LogP contribution in [0.2, 0.25) is 0 Å². The molecule has 0 aliphatic carbocycles. The molecule has 0 aliphatic rings. The van der Waals surface area contributed by atoms with Gasteiger partial charge in [0.15, 0.2) is 0 Å². The van der Waals surface area contributed by atoms with Gasteiger partial charge >= 0.3 is 0 Å².